The zero-order valence-corrected chi connectivity index (χ0v) is 11.8. The topological polar surface area (TPSA) is 27.1 Å². The summed E-state index contributed by atoms with van der Waals surface area (Å²) in [6.45, 7) is 6.78. The molecule has 1 heterocycles. The molecule has 0 amide bonds. The third-order valence-corrected chi connectivity index (χ3v) is 3.07. The smallest absolute Gasteiger partial charge is 0.102 e. The molecule has 4 heteroatoms. The van der Waals surface area contributed by atoms with Crippen molar-refractivity contribution in [3.8, 4) is 0 Å². The second-order valence-corrected chi connectivity index (χ2v) is 4.80. The van der Waals surface area contributed by atoms with Gasteiger partial charge in [-0.1, -0.05) is 26.7 Å². The number of hydrogen-bond donors (Lipinski definition) is 0. The molecule has 3 nitrogen and oxygen atoms in total. The summed E-state index contributed by atoms with van der Waals surface area (Å²) in [6.07, 6.45) is 6.69. The number of aryl methyl sites for hydroxylation is 1. The molecule has 0 fully saturated rings. The van der Waals surface area contributed by atoms with Crippen molar-refractivity contribution in [3.63, 3.8) is 0 Å². The highest BCUT2D eigenvalue weighted by Crippen LogP contribution is 2.16. The molecule has 0 saturated carbocycles. The van der Waals surface area contributed by atoms with Crippen molar-refractivity contribution in [2.24, 2.45) is 0 Å². The summed E-state index contributed by atoms with van der Waals surface area (Å²) in [6, 6.07) is 0. The molecular weight excluding hydrogens is 268 g/mol. The van der Waals surface area contributed by atoms with Crippen LogP contribution in [-0.2, 0) is 17.9 Å². The summed E-state index contributed by atoms with van der Waals surface area (Å²) in [5.41, 5.74) is 1.01. The summed E-state index contributed by atoms with van der Waals surface area (Å²) >= 11 is 3.51. The fraction of sp³-hybridized carbons (Fsp3) is 0.750. The number of nitrogens with zero attached hydrogens (tertiary/aromatic N) is 2. The van der Waals surface area contributed by atoms with E-state index in [0.717, 1.165) is 29.7 Å². The van der Waals surface area contributed by atoms with E-state index in [4.69, 9.17) is 4.74 Å². The van der Waals surface area contributed by atoms with Gasteiger partial charge in [-0.25, -0.2) is 0 Å². The van der Waals surface area contributed by atoms with E-state index in [0.29, 0.717) is 6.61 Å². The zero-order valence-electron chi connectivity index (χ0n) is 10.2. The van der Waals surface area contributed by atoms with Crippen LogP contribution >= 0.6 is 15.9 Å². The van der Waals surface area contributed by atoms with Gasteiger partial charge in [0.2, 0.25) is 0 Å². The summed E-state index contributed by atoms with van der Waals surface area (Å²) in [4.78, 5) is 0. The van der Waals surface area contributed by atoms with Crippen LogP contribution in [0.25, 0.3) is 0 Å². The van der Waals surface area contributed by atoms with Crippen molar-refractivity contribution in [1.29, 1.82) is 0 Å². The number of aromatic nitrogens is 2. The van der Waals surface area contributed by atoms with Crippen molar-refractivity contribution >= 4 is 15.9 Å². The van der Waals surface area contributed by atoms with E-state index < -0.39 is 0 Å². The molecular formula is C12H21BrN2O. The largest absolute Gasteiger partial charge is 0.375 e. The van der Waals surface area contributed by atoms with Gasteiger partial charge in [0, 0.05) is 19.3 Å². The Morgan fingerprint density at radius 3 is 2.75 bits per heavy atom. The molecule has 0 aliphatic carbocycles. The molecule has 1 aromatic rings. The monoisotopic (exact) mass is 288 g/mol. The van der Waals surface area contributed by atoms with E-state index in [9.17, 15) is 0 Å². The van der Waals surface area contributed by atoms with Crippen molar-refractivity contribution in [2.45, 2.75) is 52.7 Å². The summed E-state index contributed by atoms with van der Waals surface area (Å²) in [5.74, 6) is 0. The number of halogens is 1. The zero-order chi connectivity index (χ0) is 11.8. The first-order valence-electron chi connectivity index (χ1n) is 6.07. The first kappa shape index (κ1) is 13.7. The first-order chi connectivity index (χ1) is 7.77. The molecule has 92 valence electrons. The highest BCUT2D eigenvalue weighted by Gasteiger charge is 2.06. The second kappa shape index (κ2) is 7.85. The maximum absolute atomic E-state index is 5.55. The average Bonchev–Trinajstić information content (AvgIpc) is 2.63. The Bertz CT molecular complexity index is 299. The molecule has 0 unspecified atom stereocenters. The predicted octanol–water partition coefficient (Wildman–Crippen LogP) is 3.76. The van der Waals surface area contributed by atoms with Crippen LogP contribution < -0.4 is 0 Å². The quantitative estimate of drug-likeness (QED) is 0.681. The summed E-state index contributed by atoms with van der Waals surface area (Å²) in [7, 11) is 0. The van der Waals surface area contributed by atoms with Gasteiger partial charge in [0.25, 0.3) is 0 Å². The predicted molar refractivity (Wildman–Crippen MR) is 69.4 cm³/mol. The minimum Gasteiger partial charge on any atom is -0.375 e. The number of ether oxygens (including phenoxy) is 1. The van der Waals surface area contributed by atoms with Gasteiger partial charge < -0.3 is 4.74 Å². The fourth-order valence-electron chi connectivity index (χ4n) is 1.38. The van der Waals surface area contributed by atoms with Gasteiger partial charge in [0.05, 0.1) is 11.1 Å². The van der Waals surface area contributed by atoms with Gasteiger partial charge in [0.15, 0.2) is 0 Å². The van der Waals surface area contributed by atoms with Crippen LogP contribution in [0.4, 0.5) is 0 Å². The lowest BCUT2D eigenvalue weighted by Gasteiger charge is -2.01. The van der Waals surface area contributed by atoms with E-state index in [2.05, 4.69) is 34.9 Å². The maximum atomic E-state index is 5.55. The van der Waals surface area contributed by atoms with Crippen LogP contribution in [0, 0.1) is 0 Å². The van der Waals surface area contributed by atoms with Crippen LogP contribution in [0.1, 0.15) is 45.2 Å². The lowest BCUT2D eigenvalue weighted by Crippen LogP contribution is -2.01. The summed E-state index contributed by atoms with van der Waals surface area (Å²) < 4.78 is 8.60. The molecule has 0 bridgehead atoms. The summed E-state index contributed by atoms with van der Waals surface area (Å²) in [5, 5.41) is 4.49. The lowest BCUT2D eigenvalue weighted by atomic mass is 10.3. The van der Waals surface area contributed by atoms with Crippen molar-refractivity contribution < 1.29 is 4.74 Å². The highest BCUT2D eigenvalue weighted by atomic mass is 79.9. The third kappa shape index (κ3) is 4.66. The van der Waals surface area contributed by atoms with Gasteiger partial charge >= 0.3 is 0 Å². The van der Waals surface area contributed by atoms with E-state index >= 15 is 0 Å². The van der Waals surface area contributed by atoms with Crippen molar-refractivity contribution in [2.75, 3.05) is 6.61 Å². The number of rotatable bonds is 8. The minimum absolute atomic E-state index is 0.611. The van der Waals surface area contributed by atoms with Crippen LogP contribution in [0.3, 0.4) is 0 Å². The Hall–Kier alpha value is -0.350. The maximum Gasteiger partial charge on any atom is 0.102 e. The van der Waals surface area contributed by atoms with E-state index in [-0.39, 0.29) is 0 Å². The van der Waals surface area contributed by atoms with Crippen molar-refractivity contribution in [3.05, 3.63) is 16.4 Å². The molecule has 0 aromatic carbocycles. The van der Waals surface area contributed by atoms with Gasteiger partial charge in [0.1, 0.15) is 5.69 Å². The van der Waals surface area contributed by atoms with E-state index in [1.165, 1.54) is 19.3 Å². The van der Waals surface area contributed by atoms with E-state index in [1.54, 1.807) is 0 Å². The van der Waals surface area contributed by atoms with Gasteiger partial charge in [-0.05, 0) is 28.8 Å². The van der Waals surface area contributed by atoms with Gasteiger partial charge in [-0.3, -0.25) is 4.68 Å². The van der Waals surface area contributed by atoms with E-state index in [1.807, 2.05) is 10.9 Å². The van der Waals surface area contributed by atoms with Crippen molar-refractivity contribution in [1.82, 2.24) is 9.78 Å². The fourth-order valence-corrected chi connectivity index (χ4v) is 1.81. The molecule has 16 heavy (non-hydrogen) atoms. The molecule has 0 N–H and O–H groups in total. The molecule has 1 rings (SSSR count). The Labute approximate surface area is 106 Å². The molecule has 0 saturated heterocycles. The van der Waals surface area contributed by atoms with Crippen LogP contribution in [-0.4, -0.2) is 16.4 Å². The van der Waals surface area contributed by atoms with Gasteiger partial charge in [-0.2, -0.15) is 5.10 Å². The minimum atomic E-state index is 0.611. The molecule has 0 atom stereocenters. The SMILES string of the molecule is CCCCOCc1nn(CCCC)cc1Br. The van der Waals surface area contributed by atoms with Crippen LogP contribution in [0.15, 0.2) is 10.7 Å². The molecule has 0 radical (unpaired) electrons. The van der Waals surface area contributed by atoms with Crippen LogP contribution in [0.2, 0.25) is 0 Å². The standard InChI is InChI=1S/C12H21BrN2O/c1-3-5-7-15-9-11(13)12(14-15)10-16-8-6-4-2/h9H,3-8,10H2,1-2H3. The third-order valence-electron chi connectivity index (χ3n) is 2.41. The molecule has 0 aliphatic heterocycles. The Morgan fingerprint density at radius 2 is 2.06 bits per heavy atom. The molecule has 0 spiro atoms. The van der Waals surface area contributed by atoms with Crippen LogP contribution in [0.5, 0.6) is 0 Å². The Morgan fingerprint density at radius 1 is 1.31 bits per heavy atom. The Balaban J connectivity index is 2.37. The average molecular weight is 289 g/mol. The second-order valence-electron chi connectivity index (χ2n) is 3.95. The lowest BCUT2D eigenvalue weighted by molar-refractivity contribution is 0.114. The molecule has 1 aromatic heterocycles. The highest BCUT2D eigenvalue weighted by molar-refractivity contribution is 9.10. The normalized spacial score (nSPS) is 10.9. The van der Waals surface area contributed by atoms with Gasteiger partial charge in [-0.15, -0.1) is 0 Å². The molecule has 0 aliphatic rings. The Kier molecular flexibility index (Phi) is 6.73. The first-order valence-corrected chi connectivity index (χ1v) is 6.86. The number of hydrogen-bond acceptors (Lipinski definition) is 2. The number of unbranched alkanes of at least 4 members (excludes halogenated alkanes) is 2.